The fourth-order valence-corrected chi connectivity index (χ4v) is 4.08. The molecule has 1 amide bonds. The second kappa shape index (κ2) is 11.4. The minimum atomic E-state index is -0.715. The quantitative estimate of drug-likeness (QED) is 0.495. The molecule has 0 radical (unpaired) electrons. The summed E-state index contributed by atoms with van der Waals surface area (Å²) in [5.41, 5.74) is 3.18. The summed E-state index contributed by atoms with van der Waals surface area (Å²) in [4.78, 5) is 42.6. The third-order valence-electron chi connectivity index (χ3n) is 5.77. The van der Waals surface area contributed by atoms with Crippen molar-refractivity contribution in [1.82, 2.24) is 14.9 Å². The molecule has 1 N–H and O–H groups in total. The van der Waals surface area contributed by atoms with E-state index >= 15 is 0 Å². The van der Waals surface area contributed by atoms with Crippen molar-refractivity contribution in [3.63, 3.8) is 0 Å². The van der Waals surface area contributed by atoms with E-state index in [4.69, 9.17) is 0 Å². The van der Waals surface area contributed by atoms with Crippen LogP contribution in [0.1, 0.15) is 62.4 Å². The standard InChI is InChI=1S/C28H30N4O3/c1-18(2)11-26(32-10-9-19(3)12-27(32)34)28(35)31-25(13-20(4)33)23-14-22(16-30-17-23)24-8-6-5-7-21(24)15-29/h5-10,12,14,16-18,25-26H,11,13H2,1-4H3,(H,31,35)/t25-,26?/m0/s1. The number of amides is 1. The van der Waals surface area contributed by atoms with Gasteiger partial charge in [-0.3, -0.25) is 19.4 Å². The van der Waals surface area contributed by atoms with E-state index in [9.17, 15) is 19.6 Å². The number of hydrogen-bond donors (Lipinski definition) is 1. The van der Waals surface area contributed by atoms with E-state index in [2.05, 4.69) is 16.4 Å². The highest BCUT2D eigenvalue weighted by molar-refractivity contribution is 5.83. The molecule has 2 atom stereocenters. The maximum Gasteiger partial charge on any atom is 0.251 e. The van der Waals surface area contributed by atoms with Gasteiger partial charge >= 0.3 is 0 Å². The average Bonchev–Trinajstić information content (AvgIpc) is 2.82. The van der Waals surface area contributed by atoms with Gasteiger partial charge in [-0.1, -0.05) is 32.0 Å². The molecule has 0 aliphatic rings. The van der Waals surface area contributed by atoms with Crippen LogP contribution in [-0.2, 0) is 9.59 Å². The molecule has 3 aromatic rings. The zero-order valence-electron chi connectivity index (χ0n) is 20.5. The number of benzene rings is 1. The smallest absolute Gasteiger partial charge is 0.251 e. The second-order valence-electron chi connectivity index (χ2n) is 9.23. The van der Waals surface area contributed by atoms with Crippen molar-refractivity contribution in [2.45, 2.75) is 52.6 Å². The first kappa shape index (κ1) is 25.6. The Morgan fingerprint density at radius 1 is 1.14 bits per heavy atom. The fourth-order valence-electron chi connectivity index (χ4n) is 4.08. The van der Waals surface area contributed by atoms with Crippen molar-refractivity contribution in [1.29, 1.82) is 5.26 Å². The fraction of sp³-hybridized carbons (Fsp3) is 0.321. The molecule has 0 saturated carbocycles. The zero-order chi connectivity index (χ0) is 25.5. The third-order valence-corrected chi connectivity index (χ3v) is 5.77. The van der Waals surface area contributed by atoms with Gasteiger partial charge in [-0.15, -0.1) is 0 Å². The predicted molar refractivity (Wildman–Crippen MR) is 135 cm³/mol. The Morgan fingerprint density at radius 2 is 1.89 bits per heavy atom. The Balaban J connectivity index is 1.97. The van der Waals surface area contributed by atoms with Crippen LogP contribution in [0.3, 0.4) is 0 Å². The molecule has 0 saturated heterocycles. The minimum absolute atomic E-state index is 0.0773. The molecular weight excluding hydrogens is 440 g/mol. The molecule has 0 aliphatic carbocycles. The molecule has 1 aromatic carbocycles. The molecule has 7 nitrogen and oxygen atoms in total. The number of nitrogens with one attached hydrogen (secondary N) is 1. The Bertz CT molecular complexity index is 1320. The number of nitriles is 1. The number of Topliss-reactive ketones (excluding diaryl/α,β-unsaturated/α-hetero) is 1. The van der Waals surface area contributed by atoms with Crippen molar-refractivity contribution in [2.24, 2.45) is 5.92 Å². The SMILES string of the molecule is CC(=O)C[C@H](NC(=O)C(CC(C)C)n1ccc(C)cc1=O)c1cncc(-c2ccccc2C#N)c1. The summed E-state index contributed by atoms with van der Waals surface area (Å²) in [6, 6.07) is 13.2. The molecule has 35 heavy (non-hydrogen) atoms. The number of aryl methyl sites for hydroxylation is 1. The number of ketones is 1. The summed E-state index contributed by atoms with van der Waals surface area (Å²) in [6.07, 6.45) is 5.45. The van der Waals surface area contributed by atoms with Crippen LogP contribution in [0.5, 0.6) is 0 Å². The molecule has 1 unspecified atom stereocenters. The second-order valence-corrected chi connectivity index (χ2v) is 9.23. The van der Waals surface area contributed by atoms with Gasteiger partial charge in [0.15, 0.2) is 0 Å². The molecule has 2 heterocycles. The molecule has 0 bridgehead atoms. The third kappa shape index (κ3) is 6.51. The zero-order valence-corrected chi connectivity index (χ0v) is 20.5. The van der Waals surface area contributed by atoms with Crippen molar-refractivity contribution in [3.05, 3.63) is 88.1 Å². The molecule has 0 spiro atoms. The van der Waals surface area contributed by atoms with Gasteiger partial charge in [0.25, 0.3) is 5.56 Å². The van der Waals surface area contributed by atoms with Crippen molar-refractivity contribution >= 4 is 11.7 Å². The number of aromatic nitrogens is 2. The van der Waals surface area contributed by atoms with Gasteiger partial charge in [-0.2, -0.15) is 5.26 Å². The topological polar surface area (TPSA) is 105 Å². The van der Waals surface area contributed by atoms with Crippen LogP contribution in [0.25, 0.3) is 11.1 Å². The van der Waals surface area contributed by atoms with E-state index in [1.54, 1.807) is 36.8 Å². The average molecular weight is 471 g/mol. The number of carbonyl (C=O) groups is 2. The molecule has 3 rings (SSSR count). The first-order valence-corrected chi connectivity index (χ1v) is 11.6. The van der Waals surface area contributed by atoms with Gasteiger partial charge in [0.2, 0.25) is 5.91 Å². The number of carbonyl (C=O) groups excluding carboxylic acids is 2. The molecule has 7 heteroatoms. The van der Waals surface area contributed by atoms with E-state index in [1.165, 1.54) is 17.6 Å². The van der Waals surface area contributed by atoms with Crippen LogP contribution < -0.4 is 10.9 Å². The van der Waals surface area contributed by atoms with E-state index in [-0.39, 0.29) is 29.6 Å². The van der Waals surface area contributed by atoms with Gasteiger partial charge in [-0.25, -0.2) is 0 Å². The van der Waals surface area contributed by atoms with E-state index < -0.39 is 12.1 Å². The van der Waals surface area contributed by atoms with Gasteiger partial charge in [-0.05, 0) is 55.5 Å². The number of hydrogen-bond acceptors (Lipinski definition) is 5. The molecular formula is C28H30N4O3. The highest BCUT2D eigenvalue weighted by Gasteiger charge is 2.26. The van der Waals surface area contributed by atoms with Gasteiger partial charge in [0.1, 0.15) is 11.8 Å². The Kier molecular flexibility index (Phi) is 8.32. The van der Waals surface area contributed by atoms with E-state index in [1.807, 2.05) is 39.0 Å². The van der Waals surface area contributed by atoms with Crippen LogP contribution in [0.2, 0.25) is 0 Å². The first-order valence-electron chi connectivity index (χ1n) is 11.6. The summed E-state index contributed by atoms with van der Waals surface area (Å²) < 4.78 is 1.45. The van der Waals surface area contributed by atoms with Crippen molar-refractivity contribution in [3.8, 4) is 17.2 Å². The van der Waals surface area contributed by atoms with Crippen LogP contribution in [0, 0.1) is 24.2 Å². The van der Waals surface area contributed by atoms with Crippen molar-refractivity contribution < 1.29 is 9.59 Å². The molecule has 0 aliphatic heterocycles. The lowest BCUT2D eigenvalue weighted by atomic mass is 9.96. The Morgan fingerprint density at radius 3 is 2.54 bits per heavy atom. The number of nitrogens with zero attached hydrogens (tertiary/aromatic N) is 3. The lowest BCUT2D eigenvalue weighted by Crippen LogP contribution is -2.40. The number of rotatable bonds is 9. The molecule has 0 fully saturated rings. The monoisotopic (exact) mass is 470 g/mol. The van der Waals surface area contributed by atoms with E-state index in [0.29, 0.717) is 17.5 Å². The van der Waals surface area contributed by atoms with Gasteiger partial charge in [0.05, 0.1) is 17.7 Å². The normalized spacial score (nSPS) is 12.6. The maximum absolute atomic E-state index is 13.5. The Labute approximate surface area is 205 Å². The maximum atomic E-state index is 13.5. The first-order chi connectivity index (χ1) is 16.7. The van der Waals surface area contributed by atoms with Crippen LogP contribution in [0.4, 0.5) is 0 Å². The van der Waals surface area contributed by atoms with Gasteiger partial charge < -0.3 is 9.88 Å². The van der Waals surface area contributed by atoms with Crippen molar-refractivity contribution in [2.75, 3.05) is 0 Å². The summed E-state index contributed by atoms with van der Waals surface area (Å²) in [6.45, 7) is 7.28. The van der Waals surface area contributed by atoms with Crippen LogP contribution >= 0.6 is 0 Å². The molecule has 180 valence electrons. The Hall–Kier alpha value is -4.05. The summed E-state index contributed by atoms with van der Waals surface area (Å²) in [5, 5.41) is 12.5. The van der Waals surface area contributed by atoms with Crippen LogP contribution in [0.15, 0.2) is 65.8 Å². The highest BCUT2D eigenvalue weighted by atomic mass is 16.2. The summed E-state index contributed by atoms with van der Waals surface area (Å²) in [5.74, 6) is -0.262. The molecule has 2 aromatic heterocycles. The lowest BCUT2D eigenvalue weighted by Gasteiger charge is -2.25. The van der Waals surface area contributed by atoms with E-state index in [0.717, 1.165) is 16.7 Å². The summed E-state index contributed by atoms with van der Waals surface area (Å²) >= 11 is 0. The highest BCUT2D eigenvalue weighted by Crippen LogP contribution is 2.27. The van der Waals surface area contributed by atoms with Gasteiger partial charge in [0, 0.05) is 42.2 Å². The predicted octanol–water partition coefficient (Wildman–Crippen LogP) is 4.51. The largest absolute Gasteiger partial charge is 0.347 e. The summed E-state index contributed by atoms with van der Waals surface area (Å²) in [7, 11) is 0. The number of pyridine rings is 2. The lowest BCUT2D eigenvalue weighted by molar-refractivity contribution is -0.126. The van der Waals surface area contributed by atoms with Crippen LogP contribution in [-0.4, -0.2) is 21.2 Å². The minimum Gasteiger partial charge on any atom is -0.347 e.